The molecule has 0 saturated carbocycles. The highest BCUT2D eigenvalue weighted by Gasteiger charge is 2.14. The van der Waals surface area contributed by atoms with E-state index in [9.17, 15) is 4.79 Å². The smallest absolute Gasteiger partial charge is 0.339 e. The van der Waals surface area contributed by atoms with Crippen molar-refractivity contribution >= 4 is 28.6 Å². The molecule has 0 saturated heterocycles. The van der Waals surface area contributed by atoms with Crippen molar-refractivity contribution in [3.63, 3.8) is 0 Å². The van der Waals surface area contributed by atoms with Crippen molar-refractivity contribution in [3.8, 4) is 9.75 Å². The summed E-state index contributed by atoms with van der Waals surface area (Å²) in [6, 6.07) is 5.77. The Hall–Kier alpha value is -1.13. The Morgan fingerprint density at radius 3 is 2.79 bits per heavy atom. The minimum Gasteiger partial charge on any atom is -0.465 e. The van der Waals surface area contributed by atoms with Gasteiger partial charge in [0.2, 0.25) is 0 Å². The van der Waals surface area contributed by atoms with Crippen molar-refractivity contribution in [1.82, 2.24) is 0 Å². The Labute approximate surface area is 89.8 Å². The van der Waals surface area contributed by atoms with E-state index in [-0.39, 0.29) is 5.97 Å². The number of esters is 1. The minimum absolute atomic E-state index is 0.269. The van der Waals surface area contributed by atoms with Crippen LogP contribution < -0.4 is 0 Å². The van der Waals surface area contributed by atoms with Crippen molar-refractivity contribution in [2.75, 3.05) is 7.11 Å². The Morgan fingerprint density at radius 2 is 2.14 bits per heavy atom. The lowest BCUT2D eigenvalue weighted by molar-refractivity contribution is 0.0602. The predicted molar refractivity (Wildman–Crippen MR) is 59.0 cm³/mol. The Balaban J connectivity index is 2.45. The number of ether oxygens (including phenoxy) is 1. The predicted octanol–water partition coefficient (Wildman–Crippen LogP) is 3.26. The lowest BCUT2D eigenvalue weighted by Gasteiger charge is -1.98. The molecular formula is C10H8O2S2. The van der Waals surface area contributed by atoms with E-state index in [0.717, 1.165) is 9.75 Å². The van der Waals surface area contributed by atoms with E-state index in [4.69, 9.17) is 4.74 Å². The lowest BCUT2D eigenvalue weighted by Crippen LogP contribution is -2.00. The monoisotopic (exact) mass is 224 g/mol. The van der Waals surface area contributed by atoms with Crippen molar-refractivity contribution < 1.29 is 9.53 Å². The van der Waals surface area contributed by atoms with Gasteiger partial charge in [-0.2, -0.15) is 0 Å². The Morgan fingerprint density at radius 1 is 1.29 bits per heavy atom. The van der Waals surface area contributed by atoms with Gasteiger partial charge in [0.1, 0.15) is 0 Å². The van der Waals surface area contributed by atoms with Crippen LogP contribution >= 0.6 is 22.7 Å². The summed E-state index contributed by atoms with van der Waals surface area (Å²) in [7, 11) is 1.40. The first-order valence-corrected chi connectivity index (χ1v) is 5.78. The van der Waals surface area contributed by atoms with Gasteiger partial charge in [-0.05, 0) is 22.9 Å². The summed E-state index contributed by atoms with van der Waals surface area (Å²) in [6.45, 7) is 0. The summed E-state index contributed by atoms with van der Waals surface area (Å²) in [5.74, 6) is -0.269. The second kappa shape index (κ2) is 3.94. The largest absolute Gasteiger partial charge is 0.465 e. The first kappa shape index (κ1) is 9.43. The molecule has 0 unspecified atom stereocenters. The third-order valence-electron chi connectivity index (χ3n) is 1.82. The van der Waals surface area contributed by atoms with E-state index in [1.54, 1.807) is 28.7 Å². The summed E-state index contributed by atoms with van der Waals surface area (Å²) >= 11 is 3.19. The molecule has 0 fully saturated rings. The summed E-state index contributed by atoms with van der Waals surface area (Å²) in [5.41, 5.74) is 0.653. The van der Waals surface area contributed by atoms with Gasteiger partial charge in [0.05, 0.1) is 17.6 Å². The fraction of sp³-hybridized carbons (Fsp3) is 0.100. The zero-order valence-corrected chi connectivity index (χ0v) is 9.15. The lowest BCUT2D eigenvalue weighted by atomic mass is 10.2. The van der Waals surface area contributed by atoms with E-state index >= 15 is 0 Å². The molecule has 2 heterocycles. The molecule has 0 bridgehead atoms. The van der Waals surface area contributed by atoms with Gasteiger partial charge in [-0.1, -0.05) is 6.07 Å². The van der Waals surface area contributed by atoms with Crippen molar-refractivity contribution in [1.29, 1.82) is 0 Å². The zero-order chi connectivity index (χ0) is 9.97. The number of thiophene rings is 2. The van der Waals surface area contributed by atoms with Crippen LogP contribution in [0.1, 0.15) is 10.4 Å². The van der Waals surface area contributed by atoms with Crippen LogP contribution in [0.4, 0.5) is 0 Å². The quantitative estimate of drug-likeness (QED) is 0.732. The van der Waals surface area contributed by atoms with E-state index in [1.807, 2.05) is 22.9 Å². The maximum Gasteiger partial charge on any atom is 0.339 e. The topological polar surface area (TPSA) is 26.3 Å². The third kappa shape index (κ3) is 1.58. The summed E-state index contributed by atoms with van der Waals surface area (Å²) < 4.78 is 4.71. The van der Waals surface area contributed by atoms with Crippen LogP contribution in [0.2, 0.25) is 0 Å². The molecule has 2 nitrogen and oxygen atoms in total. The van der Waals surface area contributed by atoms with Gasteiger partial charge in [-0.3, -0.25) is 0 Å². The normalized spacial score (nSPS) is 10.1. The van der Waals surface area contributed by atoms with Crippen LogP contribution in [-0.2, 0) is 4.74 Å². The van der Waals surface area contributed by atoms with E-state index in [1.165, 1.54) is 7.11 Å². The Kier molecular flexibility index (Phi) is 2.65. The number of carbonyl (C=O) groups is 1. The number of carbonyl (C=O) groups excluding carboxylic acids is 1. The van der Waals surface area contributed by atoms with Crippen molar-refractivity contribution in [3.05, 3.63) is 34.5 Å². The first-order chi connectivity index (χ1) is 6.83. The van der Waals surface area contributed by atoms with Crippen LogP contribution in [0.25, 0.3) is 9.75 Å². The Bertz CT molecular complexity index is 429. The van der Waals surface area contributed by atoms with Gasteiger partial charge < -0.3 is 4.74 Å². The standard InChI is InChI=1S/C10H8O2S2/c1-12-10(11)7-4-6-14-9(7)8-3-2-5-13-8/h2-6H,1H3. The number of hydrogen-bond acceptors (Lipinski definition) is 4. The molecule has 0 aliphatic rings. The van der Waals surface area contributed by atoms with Gasteiger partial charge >= 0.3 is 5.97 Å². The summed E-state index contributed by atoms with van der Waals surface area (Å²) in [6.07, 6.45) is 0. The molecule has 0 N–H and O–H groups in total. The van der Waals surface area contributed by atoms with Crippen LogP contribution in [-0.4, -0.2) is 13.1 Å². The fourth-order valence-corrected chi connectivity index (χ4v) is 2.95. The molecule has 0 spiro atoms. The molecule has 0 radical (unpaired) electrons. The summed E-state index contributed by atoms with van der Waals surface area (Å²) in [5, 5.41) is 3.90. The minimum atomic E-state index is -0.269. The molecule has 0 aromatic carbocycles. The van der Waals surface area contributed by atoms with Gasteiger partial charge in [-0.15, -0.1) is 22.7 Å². The van der Waals surface area contributed by atoms with Crippen LogP contribution in [0.3, 0.4) is 0 Å². The van der Waals surface area contributed by atoms with Crippen molar-refractivity contribution in [2.45, 2.75) is 0 Å². The first-order valence-electron chi connectivity index (χ1n) is 4.02. The van der Waals surface area contributed by atoms with Gasteiger partial charge in [0.15, 0.2) is 0 Å². The highest BCUT2D eigenvalue weighted by atomic mass is 32.1. The molecule has 2 rings (SSSR count). The fourth-order valence-electron chi connectivity index (χ4n) is 1.18. The van der Waals surface area contributed by atoms with Gasteiger partial charge in [0.25, 0.3) is 0 Å². The molecule has 0 amide bonds. The molecule has 2 aromatic rings. The van der Waals surface area contributed by atoms with Crippen LogP contribution in [0.5, 0.6) is 0 Å². The second-order valence-electron chi connectivity index (χ2n) is 2.63. The molecule has 2 aromatic heterocycles. The second-order valence-corrected chi connectivity index (χ2v) is 4.50. The average Bonchev–Trinajstić information content (AvgIpc) is 2.85. The highest BCUT2D eigenvalue weighted by Crippen LogP contribution is 2.33. The van der Waals surface area contributed by atoms with Crippen LogP contribution in [0.15, 0.2) is 29.0 Å². The van der Waals surface area contributed by atoms with Gasteiger partial charge in [0, 0.05) is 4.88 Å². The highest BCUT2D eigenvalue weighted by molar-refractivity contribution is 7.20. The third-order valence-corrected chi connectivity index (χ3v) is 3.78. The van der Waals surface area contributed by atoms with Crippen molar-refractivity contribution in [2.24, 2.45) is 0 Å². The number of methoxy groups -OCH3 is 1. The molecule has 0 aliphatic heterocycles. The van der Waals surface area contributed by atoms with E-state index in [0.29, 0.717) is 5.56 Å². The number of rotatable bonds is 2. The van der Waals surface area contributed by atoms with Gasteiger partial charge in [-0.25, -0.2) is 4.79 Å². The molecule has 4 heteroatoms. The van der Waals surface area contributed by atoms with E-state index in [2.05, 4.69) is 0 Å². The molecule has 14 heavy (non-hydrogen) atoms. The maximum absolute atomic E-state index is 11.4. The molecule has 72 valence electrons. The SMILES string of the molecule is COC(=O)c1ccsc1-c1cccs1. The maximum atomic E-state index is 11.4. The average molecular weight is 224 g/mol. The zero-order valence-electron chi connectivity index (χ0n) is 7.52. The summed E-state index contributed by atoms with van der Waals surface area (Å²) in [4.78, 5) is 13.5. The number of hydrogen-bond donors (Lipinski definition) is 0. The van der Waals surface area contributed by atoms with Crippen LogP contribution in [0, 0.1) is 0 Å². The molecule has 0 aliphatic carbocycles. The van der Waals surface area contributed by atoms with E-state index < -0.39 is 0 Å². The molecule has 0 atom stereocenters. The molecular weight excluding hydrogens is 216 g/mol.